The first-order chi connectivity index (χ1) is 31.2. The van der Waals surface area contributed by atoms with Crippen molar-refractivity contribution in [3.05, 3.63) is 254 Å². The molecular weight excluding hydrogens is 1010 g/mol. The van der Waals surface area contributed by atoms with Crippen molar-refractivity contribution in [3.8, 4) is 11.8 Å². The minimum absolute atomic E-state index is 0. The quantitative estimate of drug-likeness (QED) is 0.0512. The van der Waals surface area contributed by atoms with E-state index in [-0.39, 0.29) is 44.8 Å². The third kappa shape index (κ3) is 9.34. The van der Waals surface area contributed by atoms with Crippen LogP contribution >= 0.6 is 15.8 Å². The molecular formula is C61H42Ag2P2+2. The van der Waals surface area contributed by atoms with Gasteiger partial charge in [-0.25, -0.2) is 0 Å². The molecule has 0 atom stereocenters. The molecule has 0 heterocycles. The first-order valence-corrected chi connectivity index (χ1v) is 24.7. The van der Waals surface area contributed by atoms with Crippen LogP contribution in [0.2, 0.25) is 0 Å². The van der Waals surface area contributed by atoms with Crippen molar-refractivity contribution >= 4 is 102 Å². The molecule has 0 saturated heterocycles. The molecule has 0 spiro atoms. The molecule has 0 aliphatic rings. The van der Waals surface area contributed by atoms with Crippen LogP contribution in [-0.4, -0.2) is 5.90 Å². The van der Waals surface area contributed by atoms with E-state index in [0.717, 1.165) is 21.9 Å². The van der Waals surface area contributed by atoms with Crippen LogP contribution in [0.3, 0.4) is 0 Å². The van der Waals surface area contributed by atoms with Gasteiger partial charge in [-0.15, -0.1) is 23.3 Å². The monoisotopic (exact) mass is 1050 g/mol. The maximum absolute atomic E-state index is 7.48. The van der Waals surface area contributed by atoms with Crippen LogP contribution in [0.4, 0.5) is 0 Å². The molecule has 65 heavy (non-hydrogen) atoms. The van der Waals surface area contributed by atoms with E-state index >= 15 is 0 Å². The number of rotatable bonds is 6. The van der Waals surface area contributed by atoms with Gasteiger partial charge in [-0.2, -0.15) is 0 Å². The molecule has 12 aromatic carbocycles. The van der Waals surface area contributed by atoms with Crippen LogP contribution in [-0.2, 0) is 44.8 Å². The third-order valence-electron chi connectivity index (χ3n) is 12.1. The predicted molar refractivity (Wildman–Crippen MR) is 279 cm³/mol. The maximum Gasteiger partial charge on any atom is 1.00 e. The Bertz CT molecular complexity index is 3240. The summed E-state index contributed by atoms with van der Waals surface area (Å²) in [7, 11) is -1.69. The molecule has 0 saturated carbocycles. The van der Waals surface area contributed by atoms with Gasteiger partial charge in [-0.05, 0) is 102 Å². The zero-order chi connectivity index (χ0) is 42.5. The minimum Gasteiger partial charge on any atom is -0.366 e. The second kappa shape index (κ2) is 21.0. The first-order valence-electron chi connectivity index (χ1n) is 21.3. The summed E-state index contributed by atoms with van der Waals surface area (Å²) in [6, 6.07) is 82.3. The van der Waals surface area contributed by atoms with E-state index in [2.05, 4.69) is 230 Å². The van der Waals surface area contributed by atoms with Crippen molar-refractivity contribution < 1.29 is 44.8 Å². The largest absolute Gasteiger partial charge is 1.00 e. The van der Waals surface area contributed by atoms with Crippen molar-refractivity contribution in [1.29, 1.82) is 0 Å². The number of hydrogen-bond acceptors (Lipinski definition) is 0. The number of benzene rings is 12. The van der Waals surface area contributed by atoms with Crippen LogP contribution in [0.1, 0.15) is 11.1 Å². The summed E-state index contributed by atoms with van der Waals surface area (Å²) < 4.78 is 0. The maximum atomic E-state index is 7.48. The topological polar surface area (TPSA) is 0 Å². The van der Waals surface area contributed by atoms with Gasteiger partial charge in [-0.1, -0.05) is 181 Å². The molecule has 12 rings (SSSR count). The van der Waals surface area contributed by atoms with Gasteiger partial charge < -0.3 is 12.8 Å². The van der Waals surface area contributed by atoms with Crippen molar-refractivity contribution in [2.45, 2.75) is 0 Å². The van der Waals surface area contributed by atoms with Crippen LogP contribution in [0.15, 0.2) is 231 Å². The van der Waals surface area contributed by atoms with E-state index in [1.807, 2.05) is 12.1 Å². The molecule has 0 aliphatic carbocycles. The van der Waals surface area contributed by atoms with Crippen LogP contribution in [0, 0.1) is 24.7 Å². The summed E-state index contributed by atoms with van der Waals surface area (Å²) in [5.41, 5.74) is 1.73. The Labute approximate surface area is 415 Å². The number of hydrogen-bond donors (Lipinski definition) is 0. The summed E-state index contributed by atoms with van der Waals surface area (Å²) in [6.45, 7) is 0. The average molecular weight is 1050 g/mol. The summed E-state index contributed by atoms with van der Waals surface area (Å²) in [5, 5.41) is 20.7. The Morgan fingerprint density at radius 1 is 0.292 bits per heavy atom. The van der Waals surface area contributed by atoms with E-state index < -0.39 is 15.8 Å². The predicted octanol–water partition coefficient (Wildman–Crippen LogP) is 13.7. The van der Waals surface area contributed by atoms with Crippen molar-refractivity contribution in [2.24, 2.45) is 0 Å². The Morgan fingerprint density at radius 2 is 0.569 bits per heavy atom. The molecule has 0 nitrogen and oxygen atoms in total. The second-order valence-corrected chi connectivity index (χ2v) is 21.4. The normalized spacial score (nSPS) is 10.8. The van der Waals surface area contributed by atoms with Crippen LogP contribution < -0.4 is 21.2 Å². The zero-order valence-electron chi connectivity index (χ0n) is 35.2. The molecule has 0 aliphatic heterocycles. The molecule has 316 valence electrons. The van der Waals surface area contributed by atoms with Gasteiger partial charge in [0.15, 0.2) is 5.90 Å². The molecule has 0 fully saturated rings. The Hall–Kier alpha value is -5.82. The summed E-state index contributed by atoms with van der Waals surface area (Å²) >= 11 is 0. The second-order valence-electron chi connectivity index (χ2n) is 15.8. The standard InChI is InChI=1S/C25H22P2.2C18H9.2Ag/c1-5-13-22(14-6-1)26(23-15-7-2-8-16-23)21-27(24-17-9-3-10-18-24)25-19-11-4-12-20-25;2*1-2-12-11-15-7-3-5-13-9-10-14-6-4-8-16(12)18(14)17(13)15;;/h1-20H,21H2;2*3-11H;;/q;2*-1;2*+1/p+2. The molecule has 0 bridgehead atoms. The molecule has 12 aromatic rings. The molecule has 0 N–H and O–H groups in total. The van der Waals surface area contributed by atoms with E-state index in [9.17, 15) is 0 Å². The van der Waals surface area contributed by atoms with Gasteiger partial charge in [0.2, 0.25) is 0 Å². The summed E-state index contributed by atoms with van der Waals surface area (Å²) in [6.07, 6.45) is 15.0. The van der Waals surface area contributed by atoms with Gasteiger partial charge in [0.05, 0.1) is 0 Å². The fraction of sp³-hybridized carbons (Fsp3) is 0.0164. The van der Waals surface area contributed by atoms with E-state index in [4.69, 9.17) is 12.8 Å². The summed E-state index contributed by atoms with van der Waals surface area (Å²) in [4.78, 5) is 0. The molecule has 4 heteroatoms. The minimum atomic E-state index is -0.847. The van der Waals surface area contributed by atoms with E-state index in [0.29, 0.717) is 0 Å². The fourth-order valence-electron chi connectivity index (χ4n) is 9.21. The fourth-order valence-corrected chi connectivity index (χ4v) is 16.9. The van der Waals surface area contributed by atoms with Crippen molar-refractivity contribution in [2.75, 3.05) is 5.90 Å². The average Bonchev–Trinajstić information content (AvgIpc) is 3.36. The molecule has 0 radical (unpaired) electrons. The van der Waals surface area contributed by atoms with Crippen molar-refractivity contribution in [1.82, 2.24) is 0 Å². The van der Waals surface area contributed by atoms with Gasteiger partial charge in [-0.3, -0.25) is 11.8 Å². The van der Waals surface area contributed by atoms with E-state index in [1.165, 1.54) is 81.0 Å². The van der Waals surface area contributed by atoms with Crippen LogP contribution in [0.25, 0.3) is 64.6 Å². The van der Waals surface area contributed by atoms with Crippen molar-refractivity contribution in [3.63, 3.8) is 0 Å². The van der Waals surface area contributed by atoms with Gasteiger partial charge in [0, 0.05) is 0 Å². The smallest absolute Gasteiger partial charge is 0.366 e. The van der Waals surface area contributed by atoms with Gasteiger partial charge in [0.1, 0.15) is 37.1 Å². The first kappa shape index (κ1) is 45.7. The summed E-state index contributed by atoms with van der Waals surface area (Å²) in [5.74, 6) is 6.36. The Morgan fingerprint density at radius 3 is 0.877 bits per heavy atom. The molecule has 0 amide bonds. The Balaban J connectivity index is 0.000000135. The third-order valence-corrected chi connectivity index (χ3v) is 19.1. The van der Waals surface area contributed by atoms with Crippen LogP contribution in [0.5, 0.6) is 0 Å². The molecule has 0 unspecified atom stereocenters. The Kier molecular flexibility index (Phi) is 14.8. The molecule has 0 aromatic heterocycles. The van der Waals surface area contributed by atoms with Gasteiger partial charge in [0.25, 0.3) is 0 Å². The van der Waals surface area contributed by atoms with Gasteiger partial charge >= 0.3 is 44.8 Å². The zero-order valence-corrected chi connectivity index (χ0v) is 40.2. The van der Waals surface area contributed by atoms with E-state index in [1.54, 1.807) is 0 Å². The SMILES string of the molecule is [Ag+].[Ag+].[C-]#Cc1cc2cccc3ccc4cccc1c4c32.[C-]#Cc1cc2cccc3ccc4cccc1c4c32.c1ccc([PH+](C[PH+](c2ccccc2)c2ccccc2)c2ccccc2)cc1.